The van der Waals surface area contributed by atoms with E-state index in [0.717, 1.165) is 7.11 Å². The Morgan fingerprint density at radius 3 is 2.17 bits per heavy atom. The van der Waals surface area contributed by atoms with Crippen LogP contribution in [0.3, 0.4) is 0 Å². The predicted molar refractivity (Wildman–Crippen MR) is 74.6 cm³/mol. The summed E-state index contributed by atoms with van der Waals surface area (Å²) in [4.78, 5) is 59.0. The monoisotopic (exact) mass is 319 g/mol. The number of nitrogens with one attached hydrogen (secondary N) is 3. The lowest BCUT2D eigenvalue weighted by atomic mass is 9.86. The van der Waals surface area contributed by atoms with E-state index in [1.54, 1.807) is 18.2 Å². The molecule has 1 aromatic carbocycles. The standard InChI is InChI=1S/C14H13N3O6/c1-23-10(19)7-9(18)17-14(8-5-3-2-4-6-8)11(20)15-13(22)16-12(14)21/h2-6H,7H2,1H3,(H,17,18)(H2,15,16,20,21,22). The lowest BCUT2D eigenvalue weighted by molar-refractivity contribution is -0.149. The van der Waals surface area contributed by atoms with Crippen LogP contribution in [0.5, 0.6) is 0 Å². The van der Waals surface area contributed by atoms with Gasteiger partial charge in [-0.1, -0.05) is 30.3 Å². The van der Waals surface area contributed by atoms with Gasteiger partial charge in [-0.3, -0.25) is 29.8 Å². The van der Waals surface area contributed by atoms with E-state index in [9.17, 15) is 24.0 Å². The van der Waals surface area contributed by atoms with Gasteiger partial charge < -0.3 is 10.1 Å². The maximum atomic E-state index is 12.3. The number of methoxy groups -OCH3 is 1. The van der Waals surface area contributed by atoms with Gasteiger partial charge in [-0.05, 0) is 5.56 Å². The summed E-state index contributed by atoms with van der Waals surface area (Å²) in [6.45, 7) is 0. The summed E-state index contributed by atoms with van der Waals surface area (Å²) in [6.07, 6.45) is -0.681. The van der Waals surface area contributed by atoms with Crippen molar-refractivity contribution in [2.75, 3.05) is 7.11 Å². The van der Waals surface area contributed by atoms with Gasteiger partial charge in [-0.2, -0.15) is 0 Å². The smallest absolute Gasteiger partial charge is 0.328 e. The Kier molecular flexibility index (Phi) is 4.39. The molecule has 0 radical (unpaired) electrons. The van der Waals surface area contributed by atoms with Crippen molar-refractivity contribution in [3.63, 3.8) is 0 Å². The maximum absolute atomic E-state index is 12.3. The largest absolute Gasteiger partial charge is 0.469 e. The number of barbiturate groups is 1. The highest BCUT2D eigenvalue weighted by molar-refractivity contribution is 6.24. The molecule has 1 heterocycles. The number of urea groups is 1. The highest BCUT2D eigenvalue weighted by atomic mass is 16.5. The van der Waals surface area contributed by atoms with E-state index in [4.69, 9.17) is 0 Å². The van der Waals surface area contributed by atoms with Crippen LogP contribution in [0.15, 0.2) is 30.3 Å². The Morgan fingerprint density at radius 1 is 1.09 bits per heavy atom. The topological polar surface area (TPSA) is 131 Å². The van der Waals surface area contributed by atoms with Crippen LogP contribution >= 0.6 is 0 Å². The zero-order valence-electron chi connectivity index (χ0n) is 12.0. The van der Waals surface area contributed by atoms with Crippen LogP contribution in [-0.2, 0) is 29.5 Å². The molecule has 0 aliphatic carbocycles. The van der Waals surface area contributed by atoms with E-state index < -0.39 is 41.7 Å². The number of hydrogen-bond donors (Lipinski definition) is 3. The molecule has 2 rings (SSSR count). The lowest BCUT2D eigenvalue weighted by Crippen LogP contribution is -2.71. The predicted octanol–water partition coefficient (Wildman–Crippen LogP) is -1.07. The van der Waals surface area contributed by atoms with Gasteiger partial charge in [-0.15, -0.1) is 0 Å². The van der Waals surface area contributed by atoms with Crippen LogP contribution < -0.4 is 16.0 Å². The fourth-order valence-corrected chi connectivity index (χ4v) is 2.12. The quantitative estimate of drug-likeness (QED) is 0.478. The Labute approximate surface area is 130 Å². The molecule has 1 aromatic rings. The third-order valence-corrected chi connectivity index (χ3v) is 3.20. The Hall–Kier alpha value is -3.23. The minimum Gasteiger partial charge on any atom is -0.469 e. The molecule has 5 amide bonds. The lowest BCUT2D eigenvalue weighted by Gasteiger charge is -2.34. The first-order valence-electron chi connectivity index (χ1n) is 6.50. The molecule has 9 heteroatoms. The molecule has 9 nitrogen and oxygen atoms in total. The molecular formula is C14H13N3O6. The number of carbonyl (C=O) groups excluding carboxylic acids is 5. The zero-order chi connectivity index (χ0) is 17.0. The highest BCUT2D eigenvalue weighted by Crippen LogP contribution is 2.24. The van der Waals surface area contributed by atoms with Crippen molar-refractivity contribution in [1.82, 2.24) is 16.0 Å². The van der Waals surface area contributed by atoms with Crippen molar-refractivity contribution in [2.45, 2.75) is 12.0 Å². The molecule has 1 aliphatic heterocycles. The third-order valence-electron chi connectivity index (χ3n) is 3.20. The summed E-state index contributed by atoms with van der Waals surface area (Å²) < 4.78 is 4.36. The minimum atomic E-state index is -2.15. The van der Waals surface area contributed by atoms with Gasteiger partial charge >= 0.3 is 12.0 Å². The molecule has 1 saturated heterocycles. The molecule has 0 spiro atoms. The molecule has 1 aliphatic rings. The van der Waals surface area contributed by atoms with E-state index in [1.807, 2.05) is 10.6 Å². The molecule has 0 atom stereocenters. The average molecular weight is 319 g/mol. The van der Waals surface area contributed by atoms with Gasteiger partial charge in [0.15, 0.2) is 0 Å². The van der Waals surface area contributed by atoms with Crippen LogP contribution in [-0.4, -0.2) is 36.8 Å². The van der Waals surface area contributed by atoms with Gasteiger partial charge in [0.2, 0.25) is 11.4 Å². The van der Waals surface area contributed by atoms with Crippen LogP contribution in [0, 0.1) is 0 Å². The molecule has 0 saturated carbocycles. The molecule has 120 valence electrons. The van der Waals surface area contributed by atoms with Gasteiger partial charge in [0.05, 0.1) is 7.11 Å². The summed E-state index contributed by atoms with van der Waals surface area (Å²) in [6, 6.07) is 6.65. The second-order valence-corrected chi connectivity index (χ2v) is 4.65. The summed E-state index contributed by atoms with van der Waals surface area (Å²) in [5.41, 5.74) is -2.01. The van der Waals surface area contributed by atoms with Gasteiger partial charge in [0.25, 0.3) is 11.8 Å². The van der Waals surface area contributed by atoms with Gasteiger partial charge in [0, 0.05) is 0 Å². The van der Waals surface area contributed by atoms with Crippen molar-refractivity contribution < 1.29 is 28.7 Å². The van der Waals surface area contributed by atoms with Gasteiger partial charge in [-0.25, -0.2) is 4.79 Å². The molecular weight excluding hydrogens is 306 g/mol. The number of amides is 5. The van der Waals surface area contributed by atoms with Crippen LogP contribution in [0.2, 0.25) is 0 Å². The molecule has 1 fully saturated rings. The third kappa shape index (κ3) is 3.03. The molecule has 0 aromatic heterocycles. The van der Waals surface area contributed by atoms with E-state index in [-0.39, 0.29) is 5.56 Å². The number of carbonyl (C=O) groups is 5. The van der Waals surface area contributed by atoms with Crippen molar-refractivity contribution in [2.24, 2.45) is 0 Å². The number of hydrogen-bond acceptors (Lipinski definition) is 6. The Bertz CT molecular complexity index is 665. The fraction of sp³-hybridized carbons (Fsp3) is 0.214. The van der Waals surface area contributed by atoms with Crippen molar-refractivity contribution in [3.8, 4) is 0 Å². The Balaban J connectivity index is 2.42. The number of esters is 1. The van der Waals surface area contributed by atoms with E-state index >= 15 is 0 Å². The molecule has 3 N–H and O–H groups in total. The average Bonchev–Trinajstić information content (AvgIpc) is 2.51. The first-order chi connectivity index (χ1) is 10.9. The summed E-state index contributed by atoms with van der Waals surface area (Å²) in [5, 5.41) is 6.08. The Morgan fingerprint density at radius 2 is 1.65 bits per heavy atom. The first-order valence-corrected chi connectivity index (χ1v) is 6.50. The normalized spacial score (nSPS) is 16.1. The second kappa shape index (κ2) is 6.26. The number of rotatable bonds is 4. The van der Waals surface area contributed by atoms with Gasteiger partial charge in [0.1, 0.15) is 6.42 Å². The molecule has 0 unspecified atom stereocenters. The SMILES string of the molecule is COC(=O)CC(=O)NC1(c2ccccc2)C(=O)NC(=O)NC1=O. The van der Waals surface area contributed by atoms with E-state index in [2.05, 4.69) is 10.1 Å². The highest BCUT2D eigenvalue weighted by Gasteiger charge is 2.53. The second-order valence-electron chi connectivity index (χ2n) is 4.65. The zero-order valence-corrected chi connectivity index (χ0v) is 12.0. The minimum absolute atomic E-state index is 0.140. The first kappa shape index (κ1) is 16.1. The number of imide groups is 2. The summed E-state index contributed by atoms with van der Waals surface area (Å²) in [7, 11) is 1.10. The molecule has 23 heavy (non-hydrogen) atoms. The number of ether oxygens (including phenoxy) is 1. The van der Waals surface area contributed by atoms with Crippen molar-refractivity contribution in [3.05, 3.63) is 35.9 Å². The van der Waals surface area contributed by atoms with Crippen LogP contribution in [0.1, 0.15) is 12.0 Å². The maximum Gasteiger partial charge on any atom is 0.328 e. The molecule has 0 bridgehead atoms. The van der Waals surface area contributed by atoms with Crippen LogP contribution in [0.25, 0.3) is 0 Å². The van der Waals surface area contributed by atoms with Crippen molar-refractivity contribution in [1.29, 1.82) is 0 Å². The summed E-state index contributed by atoms with van der Waals surface area (Å²) >= 11 is 0. The van der Waals surface area contributed by atoms with Crippen LogP contribution in [0.4, 0.5) is 4.79 Å². The fourth-order valence-electron chi connectivity index (χ4n) is 2.12. The van der Waals surface area contributed by atoms with E-state index in [0.29, 0.717) is 0 Å². The van der Waals surface area contributed by atoms with Crippen molar-refractivity contribution >= 4 is 29.7 Å². The summed E-state index contributed by atoms with van der Waals surface area (Å²) in [5.74, 6) is -3.77. The number of benzene rings is 1. The van der Waals surface area contributed by atoms with E-state index in [1.165, 1.54) is 12.1 Å².